The molecule has 1 fully saturated rings. The Kier molecular flexibility index (Phi) is 6.30. The second-order valence-electron chi connectivity index (χ2n) is 6.34. The maximum absolute atomic E-state index is 5.46. The quantitative estimate of drug-likeness (QED) is 0.858. The van der Waals surface area contributed by atoms with Gasteiger partial charge in [0, 0.05) is 31.4 Å². The van der Waals surface area contributed by atoms with Crippen LogP contribution >= 0.6 is 0 Å². The predicted octanol–water partition coefficient (Wildman–Crippen LogP) is 2.57. The zero-order valence-corrected chi connectivity index (χ0v) is 15.7. The molecule has 1 saturated heterocycles. The first-order valence-electron chi connectivity index (χ1n) is 8.93. The molecule has 0 amide bonds. The van der Waals surface area contributed by atoms with E-state index in [-0.39, 0.29) is 0 Å². The molecule has 0 atom stereocenters. The first kappa shape index (κ1) is 18.5. The number of benzene rings is 1. The van der Waals surface area contributed by atoms with Gasteiger partial charge in [0.15, 0.2) is 11.5 Å². The summed E-state index contributed by atoms with van der Waals surface area (Å²) in [6, 6.07) is 8.09. The summed E-state index contributed by atoms with van der Waals surface area (Å²) in [6.07, 6.45) is 3.05. The SMILES string of the molecule is COc1cc(-c2cc(CN3CCCNCC3)ccn2)cc(OC)c1OC. The van der Waals surface area contributed by atoms with E-state index in [0.29, 0.717) is 17.2 Å². The molecule has 0 unspecified atom stereocenters. The van der Waals surface area contributed by atoms with E-state index in [0.717, 1.165) is 44.0 Å². The molecule has 26 heavy (non-hydrogen) atoms. The number of nitrogens with zero attached hydrogens (tertiary/aromatic N) is 2. The number of ether oxygens (including phenoxy) is 3. The molecule has 3 rings (SSSR count). The number of aromatic nitrogens is 1. The van der Waals surface area contributed by atoms with Crippen molar-refractivity contribution in [1.29, 1.82) is 0 Å². The fourth-order valence-electron chi connectivity index (χ4n) is 3.28. The van der Waals surface area contributed by atoms with Crippen molar-refractivity contribution in [2.24, 2.45) is 0 Å². The van der Waals surface area contributed by atoms with Crippen LogP contribution in [0.3, 0.4) is 0 Å². The van der Waals surface area contributed by atoms with Crippen molar-refractivity contribution >= 4 is 0 Å². The Balaban J connectivity index is 1.87. The van der Waals surface area contributed by atoms with Crippen LogP contribution in [0, 0.1) is 0 Å². The van der Waals surface area contributed by atoms with Crippen LogP contribution in [0.5, 0.6) is 17.2 Å². The first-order valence-corrected chi connectivity index (χ1v) is 8.93. The van der Waals surface area contributed by atoms with Crippen molar-refractivity contribution in [3.05, 3.63) is 36.0 Å². The van der Waals surface area contributed by atoms with Crippen molar-refractivity contribution in [3.63, 3.8) is 0 Å². The van der Waals surface area contributed by atoms with Crippen molar-refractivity contribution < 1.29 is 14.2 Å². The molecule has 1 aromatic carbocycles. The average Bonchev–Trinajstić information content (AvgIpc) is 2.95. The van der Waals surface area contributed by atoms with Gasteiger partial charge in [-0.05, 0) is 49.3 Å². The van der Waals surface area contributed by atoms with Crippen LogP contribution in [0.2, 0.25) is 0 Å². The van der Waals surface area contributed by atoms with Crippen LogP contribution in [-0.2, 0) is 6.54 Å². The highest BCUT2D eigenvalue weighted by Gasteiger charge is 2.15. The van der Waals surface area contributed by atoms with Crippen LogP contribution in [-0.4, -0.2) is 57.4 Å². The van der Waals surface area contributed by atoms with E-state index < -0.39 is 0 Å². The number of methoxy groups -OCH3 is 3. The summed E-state index contributed by atoms with van der Waals surface area (Å²) in [6.45, 7) is 5.27. The van der Waals surface area contributed by atoms with Gasteiger partial charge in [-0.25, -0.2) is 0 Å². The second kappa shape index (κ2) is 8.87. The number of rotatable bonds is 6. The minimum Gasteiger partial charge on any atom is -0.493 e. The molecule has 0 radical (unpaired) electrons. The van der Waals surface area contributed by atoms with Gasteiger partial charge in [-0.15, -0.1) is 0 Å². The monoisotopic (exact) mass is 357 g/mol. The molecule has 0 saturated carbocycles. The summed E-state index contributed by atoms with van der Waals surface area (Å²) < 4.78 is 16.3. The number of pyridine rings is 1. The Morgan fingerprint density at radius 3 is 2.46 bits per heavy atom. The Bertz CT molecular complexity index is 703. The lowest BCUT2D eigenvalue weighted by Gasteiger charge is -2.19. The van der Waals surface area contributed by atoms with E-state index in [4.69, 9.17) is 14.2 Å². The largest absolute Gasteiger partial charge is 0.493 e. The molecule has 1 aliphatic rings. The van der Waals surface area contributed by atoms with Gasteiger partial charge >= 0.3 is 0 Å². The van der Waals surface area contributed by atoms with Gasteiger partial charge in [-0.3, -0.25) is 9.88 Å². The smallest absolute Gasteiger partial charge is 0.203 e. The summed E-state index contributed by atoms with van der Waals surface area (Å²) in [5.41, 5.74) is 3.10. The van der Waals surface area contributed by atoms with Crippen molar-refractivity contribution in [2.45, 2.75) is 13.0 Å². The van der Waals surface area contributed by atoms with Gasteiger partial charge in [0.05, 0.1) is 27.0 Å². The van der Waals surface area contributed by atoms with Crippen molar-refractivity contribution in [1.82, 2.24) is 15.2 Å². The number of hydrogen-bond donors (Lipinski definition) is 1. The molecule has 2 aromatic rings. The van der Waals surface area contributed by atoms with Crippen molar-refractivity contribution in [3.8, 4) is 28.5 Å². The highest BCUT2D eigenvalue weighted by Crippen LogP contribution is 2.40. The summed E-state index contributed by atoms with van der Waals surface area (Å²) in [4.78, 5) is 7.03. The zero-order valence-electron chi connectivity index (χ0n) is 15.7. The average molecular weight is 357 g/mol. The van der Waals surface area contributed by atoms with Gasteiger partial charge in [0.25, 0.3) is 0 Å². The third-order valence-corrected chi connectivity index (χ3v) is 4.62. The van der Waals surface area contributed by atoms with E-state index in [9.17, 15) is 0 Å². The summed E-state index contributed by atoms with van der Waals surface area (Å²) in [7, 11) is 4.85. The Labute approximate surface area is 155 Å². The van der Waals surface area contributed by atoms with Crippen LogP contribution in [0.15, 0.2) is 30.5 Å². The molecular formula is C20H27N3O3. The van der Waals surface area contributed by atoms with Crippen LogP contribution in [0.4, 0.5) is 0 Å². The molecule has 6 nitrogen and oxygen atoms in total. The molecule has 2 heterocycles. The lowest BCUT2D eigenvalue weighted by atomic mass is 10.1. The van der Waals surface area contributed by atoms with Crippen molar-refractivity contribution in [2.75, 3.05) is 47.5 Å². The first-order chi connectivity index (χ1) is 12.7. The second-order valence-corrected chi connectivity index (χ2v) is 6.34. The molecule has 0 aliphatic carbocycles. The van der Waals surface area contributed by atoms with Crippen LogP contribution in [0.25, 0.3) is 11.3 Å². The molecule has 6 heteroatoms. The number of hydrogen-bond acceptors (Lipinski definition) is 6. The third-order valence-electron chi connectivity index (χ3n) is 4.62. The Hall–Kier alpha value is -2.31. The van der Waals surface area contributed by atoms with E-state index in [2.05, 4.69) is 27.3 Å². The fourth-order valence-corrected chi connectivity index (χ4v) is 3.28. The zero-order chi connectivity index (χ0) is 18.4. The highest BCUT2D eigenvalue weighted by atomic mass is 16.5. The van der Waals surface area contributed by atoms with Gasteiger partial charge in [-0.1, -0.05) is 0 Å². The summed E-state index contributed by atoms with van der Waals surface area (Å²) in [5.74, 6) is 1.85. The maximum Gasteiger partial charge on any atom is 0.203 e. The minimum absolute atomic E-state index is 0.590. The molecule has 0 spiro atoms. The normalized spacial score (nSPS) is 15.3. The van der Waals surface area contributed by atoms with Gasteiger partial charge in [0.2, 0.25) is 5.75 Å². The van der Waals surface area contributed by atoms with Gasteiger partial charge in [0.1, 0.15) is 0 Å². The lowest BCUT2D eigenvalue weighted by Crippen LogP contribution is -2.27. The Morgan fingerprint density at radius 2 is 1.77 bits per heavy atom. The van der Waals surface area contributed by atoms with E-state index in [1.165, 1.54) is 12.0 Å². The highest BCUT2D eigenvalue weighted by molar-refractivity contribution is 5.69. The molecule has 1 aliphatic heterocycles. The van der Waals surface area contributed by atoms with E-state index in [1.807, 2.05) is 18.3 Å². The third kappa shape index (κ3) is 4.26. The molecular weight excluding hydrogens is 330 g/mol. The summed E-state index contributed by atoms with van der Waals surface area (Å²) >= 11 is 0. The molecule has 0 bridgehead atoms. The van der Waals surface area contributed by atoms with E-state index in [1.54, 1.807) is 21.3 Å². The van der Waals surface area contributed by atoms with Gasteiger partial charge in [-0.2, -0.15) is 0 Å². The lowest BCUT2D eigenvalue weighted by molar-refractivity contribution is 0.284. The topological polar surface area (TPSA) is 55.9 Å². The number of nitrogens with one attached hydrogen (secondary N) is 1. The predicted molar refractivity (Wildman–Crippen MR) is 102 cm³/mol. The Morgan fingerprint density at radius 1 is 1.00 bits per heavy atom. The summed E-state index contributed by atoms with van der Waals surface area (Å²) in [5, 5.41) is 3.44. The fraction of sp³-hybridized carbons (Fsp3) is 0.450. The van der Waals surface area contributed by atoms with Crippen LogP contribution < -0.4 is 19.5 Å². The molecule has 140 valence electrons. The van der Waals surface area contributed by atoms with Gasteiger partial charge < -0.3 is 19.5 Å². The minimum atomic E-state index is 0.590. The maximum atomic E-state index is 5.46. The van der Waals surface area contributed by atoms with Crippen LogP contribution in [0.1, 0.15) is 12.0 Å². The van der Waals surface area contributed by atoms with E-state index >= 15 is 0 Å². The molecule has 1 aromatic heterocycles. The molecule has 1 N–H and O–H groups in total. The standard InChI is InChI=1S/C20H27N3O3/c1-24-18-12-16(13-19(25-2)20(18)26-3)17-11-15(5-7-22-17)14-23-9-4-6-21-8-10-23/h5,7,11-13,21H,4,6,8-10,14H2,1-3H3.